The van der Waals surface area contributed by atoms with E-state index in [0.29, 0.717) is 5.69 Å². The Hall–Kier alpha value is -1.43. The molecule has 0 fully saturated rings. The van der Waals surface area contributed by atoms with Crippen LogP contribution in [-0.4, -0.2) is 23.3 Å². The zero-order chi connectivity index (χ0) is 8.97. The maximum atomic E-state index is 11.0. The SMILES string of the molecule is NC(=O)CNC(=O)c1cscn1. The second kappa shape index (κ2) is 3.82. The van der Waals surface area contributed by atoms with E-state index in [1.807, 2.05) is 0 Å². The summed E-state index contributed by atoms with van der Waals surface area (Å²) in [5.74, 6) is -0.950. The van der Waals surface area contributed by atoms with Gasteiger partial charge in [0.2, 0.25) is 5.91 Å². The molecule has 0 aromatic carbocycles. The topological polar surface area (TPSA) is 85.1 Å². The van der Waals surface area contributed by atoms with Gasteiger partial charge in [0.1, 0.15) is 5.69 Å². The third-order valence-electron chi connectivity index (χ3n) is 1.09. The highest BCUT2D eigenvalue weighted by atomic mass is 32.1. The van der Waals surface area contributed by atoms with Crippen molar-refractivity contribution in [2.75, 3.05) is 6.54 Å². The average Bonchev–Trinajstić information content (AvgIpc) is 2.51. The van der Waals surface area contributed by atoms with E-state index < -0.39 is 5.91 Å². The lowest BCUT2D eigenvalue weighted by Crippen LogP contribution is -2.33. The molecule has 12 heavy (non-hydrogen) atoms. The molecule has 2 amide bonds. The fraction of sp³-hybridized carbons (Fsp3) is 0.167. The second-order valence-corrected chi connectivity index (χ2v) is 2.74. The first-order chi connectivity index (χ1) is 5.70. The van der Waals surface area contributed by atoms with Gasteiger partial charge in [0.15, 0.2) is 0 Å². The largest absolute Gasteiger partial charge is 0.368 e. The predicted molar refractivity (Wildman–Crippen MR) is 43.6 cm³/mol. The molecule has 0 saturated carbocycles. The van der Waals surface area contributed by atoms with Crippen molar-refractivity contribution in [3.05, 3.63) is 16.6 Å². The lowest BCUT2D eigenvalue weighted by Gasteiger charge is -1.97. The number of carbonyl (C=O) groups excluding carboxylic acids is 2. The molecule has 1 aromatic rings. The first kappa shape index (κ1) is 8.66. The number of primary amides is 1. The molecule has 64 valence electrons. The molecular weight excluding hydrogens is 178 g/mol. The molecule has 0 aliphatic carbocycles. The van der Waals surface area contributed by atoms with E-state index in [1.165, 1.54) is 11.3 Å². The van der Waals surface area contributed by atoms with E-state index in [2.05, 4.69) is 10.3 Å². The highest BCUT2D eigenvalue weighted by molar-refractivity contribution is 7.07. The lowest BCUT2D eigenvalue weighted by molar-refractivity contribution is -0.117. The van der Waals surface area contributed by atoms with Crippen LogP contribution in [-0.2, 0) is 4.79 Å². The van der Waals surface area contributed by atoms with Crippen LogP contribution >= 0.6 is 11.3 Å². The van der Waals surface area contributed by atoms with Crippen molar-refractivity contribution in [3.63, 3.8) is 0 Å². The van der Waals surface area contributed by atoms with E-state index in [0.717, 1.165) is 0 Å². The monoisotopic (exact) mass is 185 g/mol. The van der Waals surface area contributed by atoms with Gasteiger partial charge < -0.3 is 11.1 Å². The quantitative estimate of drug-likeness (QED) is 0.656. The lowest BCUT2D eigenvalue weighted by atomic mass is 10.4. The maximum Gasteiger partial charge on any atom is 0.271 e. The molecule has 0 spiro atoms. The van der Waals surface area contributed by atoms with Gasteiger partial charge >= 0.3 is 0 Å². The van der Waals surface area contributed by atoms with Crippen LogP contribution in [0.4, 0.5) is 0 Å². The van der Waals surface area contributed by atoms with Crippen molar-refractivity contribution >= 4 is 23.2 Å². The van der Waals surface area contributed by atoms with Crippen molar-refractivity contribution < 1.29 is 9.59 Å². The fourth-order valence-corrected chi connectivity index (χ4v) is 1.11. The minimum atomic E-state index is -0.571. The molecule has 0 aliphatic heterocycles. The van der Waals surface area contributed by atoms with Crippen LogP contribution in [0.15, 0.2) is 10.9 Å². The van der Waals surface area contributed by atoms with Crippen molar-refractivity contribution in [1.29, 1.82) is 0 Å². The zero-order valence-corrected chi connectivity index (χ0v) is 6.93. The molecule has 0 atom stereocenters. The van der Waals surface area contributed by atoms with Gasteiger partial charge in [0.05, 0.1) is 12.1 Å². The number of rotatable bonds is 3. The molecule has 0 unspecified atom stereocenters. The molecule has 0 aliphatic rings. The minimum absolute atomic E-state index is 0.156. The Kier molecular flexibility index (Phi) is 2.76. The fourth-order valence-electron chi connectivity index (χ4n) is 0.583. The number of nitrogens with one attached hydrogen (secondary N) is 1. The Balaban J connectivity index is 2.45. The summed E-state index contributed by atoms with van der Waals surface area (Å²) in [4.78, 5) is 25.0. The Labute approximate surface area is 72.6 Å². The molecule has 5 nitrogen and oxygen atoms in total. The Morgan fingerprint density at radius 2 is 2.42 bits per heavy atom. The van der Waals surface area contributed by atoms with Crippen LogP contribution in [0, 0.1) is 0 Å². The Morgan fingerprint density at radius 1 is 1.67 bits per heavy atom. The normalized spacial score (nSPS) is 9.33. The molecule has 0 bridgehead atoms. The first-order valence-electron chi connectivity index (χ1n) is 3.15. The van der Waals surface area contributed by atoms with Crippen LogP contribution in [0.2, 0.25) is 0 Å². The highest BCUT2D eigenvalue weighted by Crippen LogP contribution is 1.99. The summed E-state index contributed by atoms with van der Waals surface area (Å²) >= 11 is 1.31. The molecule has 0 radical (unpaired) electrons. The van der Waals surface area contributed by atoms with Gasteiger partial charge in [-0.05, 0) is 0 Å². The first-order valence-corrected chi connectivity index (χ1v) is 4.09. The van der Waals surface area contributed by atoms with Gasteiger partial charge in [0.25, 0.3) is 5.91 Å². The summed E-state index contributed by atoms with van der Waals surface area (Å²) in [6.07, 6.45) is 0. The Bertz CT molecular complexity index is 283. The van der Waals surface area contributed by atoms with E-state index in [-0.39, 0.29) is 12.5 Å². The van der Waals surface area contributed by atoms with E-state index in [4.69, 9.17) is 5.73 Å². The van der Waals surface area contributed by atoms with Crippen LogP contribution in [0.3, 0.4) is 0 Å². The van der Waals surface area contributed by atoms with E-state index in [9.17, 15) is 9.59 Å². The molecule has 3 N–H and O–H groups in total. The number of nitrogens with zero attached hydrogens (tertiary/aromatic N) is 1. The third-order valence-corrected chi connectivity index (χ3v) is 1.67. The van der Waals surface area contributed by atoms with Crippen LogP contribution in [0.5, 0.6) is 0 Å². The summed E-state index contributed by atoms with van der Waals surface area (Å²) < 4.78 is 0. The van der Waals surface area contributed by atoms with Gasteiger partial charge in [-0.3, -0.25) is 9.59 Å². The van der Waals surface area contributed by atoms with Crippen LogP contribution in [0.25, 0.3) is 0 Å². The van der Waals surface area contributed by atoms with Gasteiger partial charge in [0, 0.05) is 5.38 Å². The number of aromatic nitrogens is 1. The van der Waals surface area contributed by atoms with Gasteiger partial charge in [-0.2, -0.15) is 0 Å². The summed E-state index contributed by atoms with van der Waals surface area (Å²) in [7, 11) is 0. The number of amides is 2. The molecular formula is C6H7N3O2S. The second-order valence-electron chi connectivity index (χ2n) is 2.02. The number of thiazole rings is 1. The standard InChI is InChI=1S/C6H7N3O2S/c7-5(10)1-8-6(11)4-2-12-3-9-4/h2-3H,1H2,(H2,7,10)(H,8,11). The smallest absolute Gasteiger partial charge is 0.271 e. The van der Waals surface area contributed by atoms with Crippen LogP contribution < -0.4 is 11.1 Å². The van der Waals surface area contributed by atoms with Crippen molar-refractivity contribution in [1.82, 2.24) is 10.3 Å². The van der Waals surface area contributed by atoms with Gasteiger partial charge in [-0.1, -0.05) is 0 Å². The predicted octanol–water partition coefficient (Wildman–Crippen LogP) is -0.642. The molecule has 0 saturated heterocycles. The zero-order valence-electron chi connectivity index (χ0n) is 6.11. The summed E-state index contributed by atoms with van der Waals surface area (Å²) in [5, 5.41) is 3.91. The van der Waals surface area contributed by atoms with Gasteiger partial charge in [-0.25, -0.2) is 4.98 Å². The molecule has 1 rings (SSSR count). The molecule has 6 heteroatoms. The number of hydrogen-bond donors (Lipinski definition) is 2. The van der Waals surface area contributed by atoms with Crippen molar-refractivity contribution in [3.8, 4) is 0 Å². The maximum absolute atomic E-state index is 11.0. The summed E-state index contributed by atoms with van der Waals surface area (Å²) in [6, 6.07) is 0. The number of hydrogen-bond acceptors (Lipinski definition) is 4. The number of carbonyl (C=O) groups is 2. The van der Waals surface area contributed by atoms with Crippen LogP contribution in [0.1, 0.15) is 10.5 Å². The third kappa shape index (κ3) is 2.31. The summed E-state index contributed by atoms with van der Waals surface area (Å²) in [6.45, 7) is -0.156. The summed E-state index contributed by atoms with van der Waals surface area (Å²) in [5.41, 5.74) is 6.67. The highest BCUT2D eigenvalue weighted by Gasteiger charge is 2.06. The van der Waals surface area contributed by atoms with Crippen molar-refractivity contribution in [2.24, 2.45) is 5.73 Å². The average molecular weight is 185 g/mol. The van der Waals surface area contributed by atoms with Crippen molar-refractivity contribution in [2.45, 2.75) is 0 Å². The minimum Gasteiger partial charge on any atom is -0.368 e. The molecule has 1 aromatic heterocycles. The van der Waals surface area contributed by atoms with E-state index >= 15 is 0 Å². The molecule has 1 heterocycles. The van der Waals surface area contributed by atoms with Gasteiger partial charge in [-0.15, -0.1) is 11.3 Å². The Morgan fingerprint density at radius 3 is 2.92 bits per heavy atom. The van der Waals surface area contributed by atoms with E-state index in [1.54, 1.807) is 10.9 Å². The number of nitrogens with two attached hydrogens (primary N) is 1.